The molecule has 3 aromatic rings. The van der Waals surface area contributed by atoms with Gasteiger partial charge in [-0.3, -0.25) is 4.79 Å². The van der Waals surface area contributed by atoms with Gasteiger partial charge in [-0.25, -0.2) is 4.79 Å². The van der Waals surface area contributed by atoms with Crippen LogP contribution in [0.15, 0.2) is 51.7 Å². The second kappa shape index (κ2) is 6.81. The first-order valence-electron chi connectivity index (χ1n) is 7.97. The normalized spacial score (nSPS) is 10.7. The minimum absolute atomic E-state index is 0.101. The zero-order valence-corrected chi connectivity index (χ0v) is 14.4. The van der Waals surface area contributed by atoms with E-state index < -0.39 is 0 Å². The Kier molecular flexibility index (Phi) is 4.57. The maximum absolute atomic E-state index is 12.1. The lowest BCUT2D eigenvalue weighted by atomic mass is 10.1. The van der Waals surface area contributed by atoms with Gasteiger partial charge in [-0.1, -0.05) is 17.7 Å². The van der Waals surface area contributed by atoms with Crippen LogP contribution in [-0.4, -0.2) is 12.5 Å². The fraction of sp³-hybridized carbons (Fsp3) is 0.200. The van der Waals surface area contributed by atoms with Crippen molar-refractivity contribution >= 4 is 22.6 Å². The number of amides is 1. The first-order chi connectivity index (χ1) is 11.9. The summed E-state index contributed by atoms with van der Waals surface area (Å²) in [6.07, 6.45) is 0. The smallest absolute Gasteiger partial charge is 0.336 e. The number of aryl methyl sites for hydroxylation is 3. The molecule has 0 aliphatic heterocycles. The van der Waals surface area contributed by atoms with Crippen LogP contribution in [0.25, 0.3) is 11.0 Å². The summed E-state index contributed by atoms with van der Waals surface area (Å²) >= 11 is 0. The number of hydrogen-bond donors (Lipinski definition) is 1. The molecule has 1 amide bonds. The largest absolute Gasteiger partial charge is 0.483 e. The molecule has 0 spiro atoms. The molecule has 128 valence electrons. The molecule has 3 rings (SSSR count). The van der Waals surface area contributed by atoms with Crippen LogP contribution < -0.4 is 15.7 Å². The van der Waals surface area contributed by atoms with Crippen molar-refractivity contribution in [3.05, 3.63) is 69.6 Å². The molecule has 0 aliphatic rings. The van der Waals surface area contributed by atoms with Crippen molar-refractivity contribution in [1.82, 2.24) is 0 Å². The number of carbonyl (C=O) groups excluding carboxylic acids is 1. The van der Waals surface area contributed by atoms with E-state index in [1.807, 2.05) is 45.0 Å². The van der Waals surface area contributed by atoms with E-state index in [0.29, 0.717) is 11.3 Å². The fourth-order valence-electron chi connectivity index (χ4n) is 2.58. The van der Waals surface area contributed by atoms with Crippen LogP contribution in [0.5, 0.6) is 5.75 Å². The third-order valence-corrected chi connectivity index (χ3v) is 3.94. The van der Waals surface area contributed by atoms with E-state index in [2.05, 4.69) is 5.32 Å². The molecule has 1 heterocycles. The molecule has 0 radical (unpaired) electrons. The molecule has 0 saturated heterocycles. The number of hydrogen-bond acceptors (Lipinski definition) is 4. The Morgan fingerprint density at radius 3 is 2.48 bits per heavy atom. The molecule has 25 heavy (non-hydrogen) atoms. The van der Waals surface area contributed by atoms with Gasteiger partial charge in [0.15, 0.2) is 6.61 Å². The Hall–Kier alpha value is -3.08. The van der Waals surface area contributed by atoms with Crippen molar-refractivity contribution in [3.63, 3.8) is 0 Å². The van der Waals surface area contributed by atoms with Crippen molar-refractivity contribution in [2.75, 3.05) is 11.9 Å². The van der Waals surface area contributed by atoms with Gasteiger partial charge in [-0.15, -0.1) is 0 Å². The van der Waals surface area contributed by atoms with Crippen molar-refractivity contribution in [3.8, 4) is 5.75 Å². The molecule has 1 aromatic heterocycles. The monoisotopic (exact) mass is 337 g/mol. The van der Waals surface area contributed by atoms with Crippen LogP contribution in [0, 0.1) is 20.8 Å². The van der Waals surface area contributed by atoms with Crippen LogP contribution in [0.3, 0.4) is 0 Å². The van der Waals surface area contributed by atoms with E-state index in [1.165, 1.54) is 6.07 Å². The molecule has 5 nitrogen and oxygen atoms in total. The van der Waals surface area contributed by atoms with Gasteiger partial charge in [0, 0.05) is 17.1 Å². The van der Waals surface area contributed by atoms with E-state index in [1.54, 1.807) is 12.1 Å². The first-order valence-corrected chi connectivity index (χ1v) is 7.97. The highest BCUT2D eigenvalue weighted by molar-refractivity contribution is 5.92. The molecular weight excluding hydrogens is 318 g/mol. The minimum Gasteiger partial charge on any atom is -0.483 e. The molecule has 0 atom stereocenters. The lowest BCUT2D eigenvalue weighted by molar-refractivity contribution is -0.118. The zero-order chi connectivity index (χ0) is 18.0. The molecular formula is C20H19NO4. The van der Waals surface area contributed by atoms with Gasteiger partial charge in [-0.05, 0) is 56.2 Å². The number of benzene rings is 2. The zero-order valence-electron chi connectivity index (χ0n) is 14.4. The lowest BCUT2D eigenvalue weighted by Crippen LogP contribution is -2.20. The van der Waals surface area contributed by atoms with Crippen LogP contribution in [0.2, 0.25) is 0 Å². The van der Waals surface area contributed by atoms with Crippen LogP contribution in [0.4, 0.5) is 5.69 Å². The Bertz CT molecular complexity index is 987. The molecule has 0 bridgehead atoms. The highest BCUT2D eigenvalue weighted by Gasteiger charge is 2.10. The number of rotatable bonds is 4. The molecule has 1 N–H and O–H groups in total. The van der Waals surface area contributed by atoms with E-state index in [-0.39, 0.29) is 18.1 Å². The highest BCUT2D eigenvalue weighted by atomic mass is 16.5. The van der Waals surface area contributed by atoms with Crippen molar-refractivity contribution in [2.24, 2.45) is 0 Å². The van der Waals surface area contributed by atoms with Gasteiger partial charge in [0.25, 0.3) is 5.91 Å². The van der Waals surface area contributed by atoms with Crippen molar-refractivity contribution in [1.29, 1.82) is 0 Å². The summed E-state index contributed by atoms with van der Waals surface area (Å²) < 4.78 is 10.9. The Labute approximate surface area is 145 Å². The number of anilines is 1. The first kappa shape index (κ1) is 16.8. The second-order valence-corrected chi connectivity index (χ2v) is 6.07. The second-order valence-electron chi connectivity index (χ2n) is 6.07. The predicted molar refractivity (Wildman–Crippen MR) is 97.3 cm³/mol. The summed E-state index contributed by atoms with van der Waals surface area (Å²) in [4.78, 5) is 23.5. The summed E-state index contributed by atoms with van der Waals surface area (Å²) in [5, 5.41) is 3.58. The third kappa shape index (κ3) is 3.88. The summed E-state index contributed by atoms with van der Waals surface area (Å²) in [5.74, 6) is 0.350. The number of fused-ring (bicyclic) bond motifs is 1. The minimum atomic E-state index is -0.379. The number of nitrogens with one attached hydrogen (secondary N) is 1. The van der Waals surface area contributed by atoms with Gasteiger partial charge in [-0.2, -0.15) is 0 Å². The van der Waals surface area contributed by atoms with E-state index >= 15 is 0 Å². The lowest BCUT2D eigenvalue weighted by Gasteiger charge is -2.11. The Morgan fingerprint density at radius 2 is 1.76 bits per heavy atom. The SMILES string of the molecule is Cc1ccc(NC(=O)COc2cc3c(C)cc(=O)oc3cc2C)cc1. The van der Waals surface area contributed by atoms with Gasteiger partial charge < -0.3 is 14.5 Å². The molecule has 0 unspecified atom stereocenters. The van der Waals surface area contributed by atoms with E-state index in [9.17, 15) is 9.59 Å². The predicted octanol–water partition coefficient (Wildman–Crippen LogP) is 3.74. The van der Waals surface area contributed by atoms with Gasteiger partial charge in [0.2, 0.25) is 0 Å². The molecule has 0 aliphatic carbocycles. The standard InChI is InChI=1S/C20H19NO4/c1-12-4-6-15(7-5-12)21-19(22)11-24-17-10-16-13(2)9-20(23)25-18(16)8-14(17)3/h4-10H,11H2,1-3H3,(H,21,22). The van der Waals surface area contributed by atoms with Gasteiger partial charge >= 0.3 is 5.63 Å². The van der Waals surface area contributed by atoms with E-state index in [4.69, 9.17) is 9.15 Å². The molecule has 2 aromatic carbocycles. The molecule has 0 fully saturated rings. The van der Waals surface area contributed by atoms with Crippen molar-refractivity contribution in [2.45, 2.75) is 20.8 Å². The topological polar surface area (TPSA) is 68.5 Å². The van der Waals surface area contributed by atoms with Gasteiger partial charge in [0.1, 0.15) is 11.3 Å². The van der Waals surface area contributed by atoms with E-state index in [0.717, 1.165) is 27.8 Å². The number of carbonyl (C=O) groups is 1. The maximum atomic E-state index is 12.1. The Balaban J connectivity index is 1.74. The average Bonchev–Trinajstić information content (AvgIpc) is 2.55. The molecule has 5 heteroatoms. The summed E-state index contributed by atoms with van der Waals surface area (Å²) in [6.45, 7) is 5.56. The Morgan fingerprint density at radius 1 is 1.04 bits per heavy atom. The molecule has 0 saturated carbocycles. The fourth-order valence-corrected chi connectivity index (χ4v) is 2.58. The summed E-state index contributed by atoms with van der Waals surface area (Å²) in [7, 11) is 0. The van der Waals surface area contributed by atoms with Crippen LogP contribution in [0.1, 0.15) is 16.7 Å². The average molecular weight is 337 g/mol. The summed E-state index contributed by atoms with van der Waals surface area (Å²) in [5.41, 5.74) is 3.59. The highest BCUT2D eigenvalue weighted by Crippen LogP contribution is 2.26. The quantitative estimate of drug-likeness (QED) is 0.737. The van der Waals surface area contributed by atoms with Crippen LogP contribution in [-0.2, 0) is 4.79 Å². The number of ether oxygens (including phenoxy) is 1. The maximum Gasteiger partial charge on any atom is 0.336 e. The summed E-state index contributed by atoms with van der Waals surface area (Å²) in [6, 6.07) is 12.5. The van der Waals surface area contributed by atoms with Gasteiger partial charge in [0.05, 0.1) is 0 Å². The van der Waals surface area contributed by atoms with Crippen LogP contribution >= 0.6 is 0 Å². The third-order valence-electron chi connectivity index (χ3n) is 3.94. The van der Waals surface area contributed by atoms with Crippen molar-refractivity contribution < 1.29 is 13.9 Å².